The summed E-state index contributed by atoms with van der Waals surface area (Å²) in [5.41, 5.74) is 5.98. The molecule has 2 bridgehead atoms. The van der Waals surface area contributed by atoms with Gasteiger partial charge in [0.2, 0.25) is 0 Å². The molecular weight excluding hydrogens is 188 g/mol. The molecule has 1 aromatic rings. The molecule has 2 aliphatic heterocycles. The molecule has 1 fully saturated rings. The van der Waals surface area contributed by atoms with Crippen LogP contribution in [0.15, 0.2) is 18.7 Å². The van der Waals surface area contributed by atoms with Crippen molar-refractivity contribution in [2.45, 2.75) is 26.2 Å². The van der Waals surface area contributed by atoms with Gasteiger partial charge in [-0.05, 0) is 30.5 Å². The number of hydrogen-bond acceptors (Lipinski definition) is 2. The Morgan fingerprint density at radius 1 is 1.33 bits per heavy atom. The third kappa shape index (κ3) is 1.18. The average molecular weight is 202 g/mol. The second-order valence-electron chi connectivity index (χ2n) is 4.36. The summed E-state index contributed by atoms with van der Waals surface area (Å²) in [6.07, 6.45) is -0.113. The third-order valence-electron chi connectivity index (χ3n) is 3.16. The zero-order valence-corrected chi connectivity index (χ0v) is 9.04. The van der Waals surface area contributed by atoms with Crippen LogP contribution in [0.3, 0.4) is 0 Å². The van der Waals surface area contributed by atoms with Crippen LogP contribution in [0.1, 0.15) is 28.5 Å². The van der Waals surface area contributed by atoms with Crippen LogP contribution < -0.4 is 0 Å². The molecule has 2 aliphatic rings. The molecule has 0 saturated carbocycles. The summed E-state index contributed by atoms with van der Waals surface area (Å²) >= 11 is 0. The Labute approximate surface area is 89.5 Å². The smallest absolute Gasteiger partial charge is 0.185 e. The van der Waals surface area contributed by atoms with E-state index >= 15 is 0 Å². The zero-order chi connectivity index (χ0) is 10.6. The Kier molecular flexibility index (Phi) is 1.79. The minimum Gasteiger partial charge on any atom is -0.345 e. The third-order valence-corrected chi connectivity index (χ3v) is 3.16. The molecule has 0 N–H and O–H groups in total. The second kappa shape index (κ2) is 2.94. The first kappa shape index (κ1) is 9.13. The summed E-state index contributed by atoms with van der Waals surface area (Å²) in [7, 11) is 0. The fraction of sp³-hybridized carbons (Fsp3) is 0.385. The van der Waals surface area contributed by atoms with E-state index in [9.17, 15) is 0 Å². The summed E-state index contributed by atoms with van der Waals surface area (Å²) in [5.74, 6) is 0. The van der Waals surface area contributed by atoms with E-state index in [1.165, 1.54) is 16.7 Å². The van der Waals surface area contributed by atoms with Gasteiger partial charge in [-0.1, -0.05) is 24.3 Å². The lowest BCUT2D eigenvalue weighted by Gasteiger charge is -2.26. The summed E-state index contributed by atoms with van der Waals surface area (Å²) in [6, 6.07) is 4.33. The van der Waals surface area contributed by atoms with Gasteiger partial charge in [-0.25, -0.2) is 0 Å². The van der Waals surface area contributed by atoms with Crippen molar-refractivity contribution in [2.24, 2.45) is 0 Å². The van der Waals surface area contributed by atoms with E-state index in [0.717, 1.165) is 11.1 Å². The normalized spacial score (nSPS) is 28.0. The summed E-state index contributed by atoms with van der Waals surface area (Å²) in [6.45, 7) is 8.98. The van der Waals surface area contributed by atoms with Crippen LogP contribution in [0, 0.1) is 13.8 Å². The number of fused-ring (bicyclic) bond motifs is 4. The van der Waals surface area contributed by atoms with Crippen molar-refractivity contribution in [3.63, 3.8) is 0 Å². The molecule has 15 heavy (non-hydrogen) atoms. The van der Waals surface area contributed by atoms with Crippen molar-refractivity contribution in [3.8, 4) is 0 Å². The molecular formula is C13H14O2. The predicted octanol–water partition coefficient (Wildman–Crippen LogP) is 2.74. The minimum absolute atomic E-state index is 0.0592. The molecule has 0 amide bonds. The van der Waals surface area contributed by atoms with Crippen LogP contribution in [-0.4, -0.2) is 12.7 Å². The molecule has 2 nitrogen and oxygen atoms in total. The van der Waals surface area contributed by atoms with E-state index < -0.39 is 0 Å². The van der Waals surface area contributed by atoms with Gasteiger partial charge in [0.15, 0.2) is 6.29 Å². The first-order valence-corrected chi connectivity index (χ1v) is 5.24. The maximum absolute atomic E-state index is 5.72. The van der Waals surface area contributed by atoms with E-state index in [1.54, 1.807) is 0 Å². The van der Waals surface area contributed by atoms with Crippen molar-refractivity contribution in [1.29, 1.82) is 0 Å². The van der Waals surface area contributed by atoms with Crippen LogP contribution in [0.5, 0.6) is 0 Å². The van der Waals surface area contributed by atoms with Crippen LogP contribution in [0.4, 0.5) is 0 Å². The van der Waals surface area contributed by atoms with Crippen LogP contribution in [-0.2, 0) is 9.47 Å². The highest BCUT2D eigenvalue weighted by molar-refractivity contribution is 5.74. The molecule has 2 unspecified atom stereocenters. The number of rotatable bonds is 0. The van der Waals surface area contributed by atoms with Crippen LogP contribution >= 0.6 is 0 Å². The molecule has 1 aromatic carbocycles. The van der Waals surface area contributed by atoms with Crippen molar-refractivity contribution >= 4 is 5.57 Å². The Morgan fingerprint density at radius 2 is 2.13 bits per heavy atom. The van der Waals surface area contributed by atoms with Gasteiger partial charge in [-0.3, -0.25) is 0 Å². The monoisotopic (exact) mass is 202 g/mol. The molecule has 1 saturated heterocycles. The van der Waals surface area contributed by atoms with E-state index in [4.69, 9.17) is 9.47 Å². The lowest BCUT2D eigenvalue weighted by Crippen LogP contribution is -2.18. The van der Waals surface area contributed by atoms with Crippen molar-refractivity contribution < 1.29 is 9.47 Å². The molecule has 0 spiro atoms. The predicted molar refractivity (Wildman–Crippen MR) is 58.5 cm³/mol. The fourth-order valence-electron chi connectivity index (χ4n) is 2.53. The van der Waals surface area contributed by atoms with Crippen LogP contribution in [0.25, 0.3) is 5.57 Å². The van der Waals surface area contributed by atoms with Crippen molar-refractivity contribution in [3.05, 3.63) is 41.0 Å². The quantitative estimate of drug-likeness (QED) is 0.644. The van der Waals surface area contributed by atoms with Gasteiger partial charge < -0.3 is 9.47 Å². The number of benzene rings is 1. The number of aryl methyl sites for hydroxylation is 2. The highest BCUT2D eigenvalue weighted by atomic mass is 16.7. The van der Waals surface area contributed by atoms with Gasteiger partial charge in [-0.15, -0.1) is 0 Å². The van der Waals surface area contributed by atoms with Crippen molar-refractivity contribution in [2.75, 3.05) is 6.61 Å². The number of ether oxygens (including phenoxy) is 2. The zero-order valence-electron chi connectivity index (χ0n) is 9.04. The molecule has 2 heteroatoms. The molecule has 2 atom stereocenters. The lowest BCUT2D eigenvalue weighted by atomic mass is 9.90. The molecule has 0 aromatic heterocycles. The van der Waals surface area contributed by atoms with Gasteiger partial charge >= 0.3 is 0 Å². The fourth-order valence-corrected chi connectivity index (χ4v) is 2.53. The Hall–Kier alpha value is -1.12. The molecule has 0 aliphatic carbocycles. The SMILES string of the molecule is C=C1c2c(C)cc(C)cc2C2OCC1O2. The van der Waals surface area contributed by atoms with Gasteiger partial charge in [0.05, 0.1) is 6.61 Å². The van der Waals surface area contributed by atoms with Gasteiger partial charge in [0.25, 0.3) is 0 Å². The minimum atomic E-state index is -0.172. The van der Waals surface area contributed by atoms with Crippen molar-refractivity contribution in [1.82, 2.24) is 0 Å². The van der Waals surface area contributed by atoms with Gasteiger partial charge in [0.1, 0.15) is 6.10 Å². The highest BCUT2D eigenvalue weighted by Gasteiger charge is 2.37. The largest absolute Gasteiger partial charge is 0.345 e. The van der Waals surface area contributed by atoms with Gasteiger partial charge in [-0.2, -0.15) is 0 Å². The molecule has 3 rings (SSSR count). The van der Waals surface area contributed by atoms with E-state index in [1.807, 2.05) is 0 Å². The van der Waals surface area contributed by atoms with E-state index in [2.05, 4.69) is 32.6 Å². The standard InChI is InChI=1S/C13H14O2/c1-7-4-8(2)12-9(3)11-6-14-13(15-11)10(12)5-7/h4-5,11,13H,3,6H2,1-2H3. The molecule has 2 heterocycles. The number of hydrogen-bond donors (Lipinski definition) is 0. The van der Waals surface area contributed by atoms with Crippen LogP contribution in [0.2, 0.25) is 0 Å². The summed E-state index contributed by atoms with van der Waals surface area (Å²) in [4.78, 5) is 0. The summed E-state index contributed by atoms with van der Waals surface area (Å²) in [5, 5.41) is 0. The van der Waals surface area contributed by atoms with Gasteiger partial charge in [0, 0.05) is 5.56 Å². The first-order chi connectivity index (χ1) is 7.16. The van der Waals surface area contributed by atoms with E-state index in [0.29, 0.717) is 6.61 Å². The van der Waals surface area contributed by atoms with E-state index in [-0.39, 0.29) is 12.4 Å². The Balaban J connectivity index is 2.27. The lowest BCUT2D eigenvalue weighted by molar-refractivity contribution is -0.0560. The average Bonchev–Trinajstić information content (AvgIpc) is 2.59. The summed E-state index contributed by atoms with van der Waals surface area (Å²) < 4.78 is 11.3. The Morgan fingerprint density at radius 3 is 2.93 bits per heavy atom. The topological polar surface area (TPSA) is 18.5 Å². The maximum atomic E-state index is 5.72. The second-order valence-corrected chi connectivity index (χ2v) is 4.36. The maximum Gasteiger partial charge on any atom is 0.185 e. The molecule has 78 valence electrons. The Bertz CT molecular complexity index is 448. The molecule has 0 radical (unpaired) electrons. The highest BCUT2D eigenvalue weighted by Crippen LogP contribution is 2.43. The first-order valence-electron chi connectivity index (χ1n) is 5.24.